The number of H-pyrrole nitrogens is 2. The van der Waals surface area contributed by atoms with E-state index in [9.17, 15) is 9.59 Å². The van der Waals surface area contributed by atoms with E-state index < -0.39 is 6.04 Å². The smallest absolute Gasteiger partial charge is 0.242 e. The number of aromatic amines is 2. The van der Waals surface area contributed by atoms with Crippen LogP contribution in [0.5, 0.6) is 0 Å². The van der Waals surface area contributed by atoms with Gasteiger partial charge in [-0.3, -0.25) is 14.7 Å². The molecule has 2 aromatic heterocycles. The molecule has 0 saturated carbocycles. The number of rotatable bonds is 8. The van der Waals surface area contributed by atoms with Gasteiger partial charge >= 0.3 is 0 Å². The number of amides is 2. The molecule has 0 aliphatic rings. The zero-order valence-electron chi connectivity index (χ0n) is 15.6. The van der Waals surface area contributed by atoms with Gasteiger partial charge in [-0.1, -0.05) is 18.2 Å². The first-order valence-electron chi connectivity index (χ1n) is 9.13. The Bertz CT molecular complexity index is 927. The maximum atomic E-state index is 12.6. The van der Waals surface area contributed by atoms with E-state index >= 15 is 0 Å². The second-order valence-electron chi connectivity index (χ2n) is 6.73. The molecular formula is C20H25N5O2. The monoisotopic (exact) mass is 367 g/mol. The molecule has 4 N–H and O–H groups in total. The van der Waals surface area contributed by atoms with Gasteiger partial charge < -0.3 is 15.6 Å². The maximum Gasteiger partial charge on any atom is 0.242 e. The van der Waals surface area contributed by atoms with Crippen molar-refractivity contribution in [3.8, 4) is 0 Å². The number of nitrogens with one attached hydrogen (secondary N) is 4. The Morgan fingerprint density at radius 3 is 2.78 bits per heavy atom. The molecule has 1 unspecified atom stereocenters. The van der Waals surface area contributed by atoms with Crippen LogP contribution in [0.4, 0.5) is 0 Å². The van der Waals surface area contributed by atoms with Gasteiger partial charge in [-0.15, -0.1) is 0 Å². The second-order valence-corrected chi connectivity index (χ2v) is 6.73. The molecule has 142 valence electrons. The number of carbonyl (C=O) groups is 2. The minimum atomic E-state index is -0.600. The Kier molecular flexibility index (Phi) is 5.90. The molecule has 0 aliphatic carbocycles. The van der Waals surface area contributed by atoms with Crippen molar-refractivity contribution in [2.75, 3.05) is 6.54 Å². The summed E-state index contributed by atoms with van der Waals surface area (Å²) in [5.74, 6) is -0.386. The minimum Gasteiger partial charge on any atom is -0.361 e. The number of aromatic nitrogens is 3. The van der Waals surface area contributed by atoms with Gasteiger partial charge in [0.2, 0.25) is 11.8 Å². The van der Waals surface area contributed by atoms with E-state index in [1.165, 1.54) is 6.92 Å². The summed E-state index contributed by atoms with van der Waals surface area (Å²) in [6.45, 7) is 3.96. The summed E-state index contributed by atoms with van der Waals surface area (Å²) in [7, 11) is 0. The van der Waals surface area contributed by atoms with Crippen molar-refractivity contribution in [2.45, 2.75) is 39.2 Å². The van der Waals surface area contributed by atoms with E-state index in [4.69, 9.17) is 0 Å². The number of aryl methyl sites for hydroxylation is 2. The molecule has 2 amide bonds. The minimum absolute atomic E-state index is 0.167. The summed E-state index contributed by atoms with van der Waals surface area (Å²) in [5, 5.41) is 13.7. The predicted octanol–water partition coefficient (Wildman–Crippen LogP) is 2.00. The van der Waals surface area contributed by atoms with E-state index in [2.05, 4.69) is 25.8 Å². The van der Waals surface area contributed by atoms with Crippen LogP contribution in [0, 0.1) is 6.92 Å². The van der Waals surface area contributed by atoms with Crippen LogP contribution < -0.4 is 10.6 Å². The van der Waals surface area contributed by atoms with Crippen molar-refractivity contribution in [1.29, 1.82) is 0 Å². The molecule has 3 rings (SSSR count). The fourth-order valence-corrected chi connectivity index (χ4v) is 3.22. The molecule has 1 atom stereocenters. The Morgan fingerprint density at radius 2 is 2.04 bits per heavy atom. The van der Waals surface area contributed by atoms with Gasteiger partial charge in [-0.2, -0.15) is 5.10 Å². The first-order valence-corrected chi connectivity index (χ1v) is 9.13. The third kappa shape index (κ3) is 4.75. The average molecular weight is 367 g/mol. The van der Waals surface area contributed by atoms with Crippen LogP contribution >= 0.6 is 0 Å². The van der Waals surface area contributed by atoms with Crippen LogP contribution in [-0.4, -0.2) is 39.6 Å². The number of carbonyl (C=O) groups excluding carboxylic acids is 2. The van der Waals surface area contributed by atoms with Gasteiger partial charge in [0.25, 0.3) is 0 Å². The highest BCUT2D eigenvalue weighted by molar-refractivity contribution is 5.89. The number of benzene rings is 1. The lowest BCUT2D eigenvalue weighted by atomic mass is 10.0. The van der Waals surface area contributed by atoms with Crippen molar-refractivity contribution in [3.05, 3.63) is 53.5 Å². The van der Waals surface area contributed by atoms with Crippen LogP contribution in [0.3, 0.4) is 0 Å². The topological polar surface area (TPSA) is 103 Å². The highest BCUT2D eigenvalue weighted by Crippen LogP contribution is 2.19. The van der Waals surface area contributed by atoms with Crippen LogP contribution in [0.25, 0.3) is 10.9 Å². The normalized spacial score (nSPS) is 12.1. The molecule has 0 bridgehead atoms. The fourth-order valence-electron chi connectivity index (χ4n) is 3.22. The van der Waals surface area contributed by atoms with Gasteiger partial charge in [0.05, 0.1) is 6.20 Å². The van der Waals surface area contributed by atoms with E-state index in [1.807, 2.05) is 43.6 Å². The highest BCUT2D eigenvalue weighted by atomic mass is 16.2. The third-order valence-electron chi connectivity index (χ3n) is 4.65. The zero-order valence-corrected chi connectivity index (χ0v) is 15.6. The van der Waals surface area contributed by atoms with E-state index in [0.717, 1.165) is 40.6 Å². The van der Waals surface area contributed by atoms with Gasteiger partial charge in [0.1, 0.15) is 6.04 Å². The standard InChI is InChI=1S/C20H25N5O2/c1-13-15(12-23-25-13)6-5-9-21-20(27)19(24-14(2)26)10-16-11-22-18-8-4-3-7-17(16)18/h3-4,7-8,11-12,19,22H,5-6,9-10H2,1-2H3,(H,21,27)(H,23,25)(H,24,26). The Balaban J connectivity index is 1.59. The SMILES string of the molecule is CC(=O)NC(Cc1c[nH]c2ccccc12)C(=O)NCCCc1cn[nH]c1C. The number of hydrogen-bond acceptors (Lipinski definition) is 3. The number of fused-ring (bicyclic) bond motifs is 1. The Hall–Kier alpha value is -3.09. The quantitative estimate of drug-likeness (QED) is 0.458. The summed E-state index contributed by atoms with van der Waals surface area (Å²) in [4.78, 5) is 27.4. The number of hydrogen-bond donors (Lipinski definition) is 4. The molecule has 7 nitrogen and oxygen atoms in total. The molecule has 0 fully saturated rings. The maximum absolute atomic E-state index is 12.6. The zero-order chi connectivity index (χ0) is 19.2. The highest BCUT2D eigenvalue weighted by Gasteiger charge is 2.21. The van der Waals surface area contributed by atoms with Crippen molar-refractivity contribution in [3.63, 3.8) is 0 Å². The molecule has 0 aliphatic heterocycles. The van der Waals surface area contributed by atoms with E-state index in [-0.39, 0.29) is 11.8 Å². The molecule has 2 heterocycles. The van der Waals surface area contributed by atoms with Crippen LogP contribution in [-0.2, 0) is 22.4 Å². The molecule has 27 heavy (non-hydrogen) atoms. The second kappa shape index (κ2) is 8.53. The summed E-state index contributed by atoms with van der Waals surface area (Å²) >= 11 is 0. The van der Waals surface area contributed by atoms with Crippen LogP contribution in [0.2, 0.25) is 0 Å². The Morgan fingerprint density at radius 1 is 1.22 bits per heavy atom. The molecular weight excluding hydrogens is 342 g/mol. The van der Waals surface area contributed by atoms with E-state index in [1.54, 1.807) is 0 Å². The summed E-state index contributed by atoms with van der Waals surface area (Å²) in [6.07, 6.45) is 5.81. The molecule has 3 aromatic rings. The summed E-state index contributed by atoms with van der Waals surface area (Å²) in [5.41, 5.74) is 4.23. The average Bonchev–Trinajstić information content (AvgIpc) is 3.24. The molecule has 7 heteroatoms. The van der Waals surface area contributed by atoms with Crippen molar-refractivity contribution in [2.24, 2.45) is 0 Å². The van der Waals surface area contributed by atoms with Gasteiger partial charge in [0, 0.05) is 42.7 Å². The molecule has 0 saturated heterocycles. The van der Waals surface area contributed by atoms with Crippen molar-refractivity contribution < 1.29 is 9.59 Å². The fraction of sp³-hybridized carbons (Fsp3) is 0.350. The number of para-hydroxylation sites is 1. The van der Waals surface area contributed by atoms with Gasteiger partial charge in [0.15, 0.2) is 0 Å². The first kappa shape index (κ1) is 18.7. The summed E-state index contributed by atoms with van der Waals surface area (Å²) < 4.78 is 0. The molecule has 0 spiro atoms. The largest absolute Gasteiger partial charge is 0.361 e. The van der Waals surface area contributed by atoms with E-state index in [0.29, 0.717) is 13.0 Å². The van der Waals surface area contributed by atoms with Crippen LogP contribution in [0.1, 0.15) is 30.2 Å². The third-order valence-corrected chi connectivity index (χ3v) is 4.65. The van der Waals surface area contributed by atoms with Crippen molar-refractivity contribution >= 4 is 22.7 Å². The predicted molar refractivity (Wildman–Crippen MR) is 104 cm³/mol. The lowest BCUT2D eigenvalue weighted by Gasteiger charge is -2.17. The van der Waals surface area contributed by atoms with Crippen molar-refractivity contribution in [1.82, 2.24) is 25.8 Å². The van der Waals surface area contributed by atoms with Gasteiger partial charge in [-0.05, 0) is 37.0 Å². The van der Waals surface area contributed by atoms with Gasteiger partial charge in [-0.25, -0.2) is 0 Å². The lowest BCUT2D eigenvalue weighted by molar-refractivity contribution is -0.128. The summed E-state index contributed by atoms with van der Waals surface area (Å²) in [6, 6.07) is 7.33. The molecule has 0 radical (unpaired) electrons. The number of nitrogens with zero attached hydrogens (tertiary/aromatic N) is 1. The Labute approximate surface area is 157 Å². The first-order chi connectivity index (χ1) is 13.0. The lowest BCUT2D eigenvalue weighted by Crippen LogP contribution is -2.47. The van der Waals surface area contributed by atoms with Crippen LogP contribution in [0.15, 0.2) is 36.7 Å². The molecule has 1 aromatic carbocycles.